The molecule has 9 heteroatoms. The first kappa shape index (κ1) is 50.7. The van der Waals surface area contributed by atoms with Gasteiger partial charge in [0.05, 0.1) is 25.4 Å². The van der Waals surface area contributed by atoms with Crippen molar-refractivity contribution in [3.05, 3.63) is 36.5 Å². The van der Waals surface area contributed by atoms with Gasteiger partial charge in [-0.25, -0.2) is 4.57 Å². The normalized spacial score (nSPS) is 14.5. The molecule has 0 spiro atoms. The molecule has 0 radical (unpaired) electrons. The average Bonchev–Trinajstić information content (AvgIpc) is 3.13. The zero-order valence-corrected chi connectivity index (χ0v) is 34.7. The number of nitrogens with two attached hydrogens (primary N) is 1. The smallest absolute Gasteiger partial charge is 0.387 e. The Kier molecular flexibility index (Phi) is 38.4. The van der Waals surface area contributed by atoms with E-state index in [0.29, 0.717) is 6.42 Å². The zero-order valence-electron chi connectivity index (χ0n) is 33.8. The van der Waals surface area contributed by atoms with Crippen LogP contribution in [0.3, 0.4) is 0 Å². The number of allylic oxidation sites excluding steroid dienone is 5. The van der Waals surface area contributed by atoms with Gasteiger partial charge in [0, 0.05) is 13.0 Å². The van der Waals surface area contributed by atoms with Gasteiger partial charge in [0.2, 0.25) is 5.91 Å². The van der Waals surface area contributed by atoms with E-state index in [9.17, 15) is 19.4 Å². The number of nitrogens with one attached hydrogen (secondary N) is 1. The third-order valence-corrected chi connectivity index (χ3v) is 10.4. The molecule has 0 heterocycles. The van der Waals surface area contributed by atoms with Crippen molar-refractivity contribution in [2.75, 3.05) is 19.8 Å². The highest BCUT2D eigenvalue weighted by Gasteiger charge is 2.26. The summed E-state index contributed by atoms with van der Waals surface area (Å²) in [6, 6.07) is -0.879. The molecule has 0 saturated carbocycles. The summed E-state index contributed by atoms with van der Waals surface area (Å²) in [4.78, 5) is 22.6. The molecule has 0 aromatic carbocycles. The molecule has 0 aromatic rings. The highest BCUT2D eigenvalue weighted by atomic mass is 31.2. The van der Waals surface area contributed by atoms with E-state index in [2.05, 4.69) is 43.5 Å². The van der Waals surface area contributed by atoms with Crippen molar-refractivity contribution in [3.8, 4) is 0 Å². The molecule has 5 N–H and O–H groups in total. The van der Waals surface area contributed by atoms with Crippen molar-refractivity contribution in [1.82, 2.24) is 5.32 Å². The summed E-state index contributed by atoms with van der Waals surface area (Å²) in [7, 11) is -4.34. The van der Waals surface area contributed by atoms with Gasteiger partial charge in [-0.3, -0.25) is 13.8 Å². The van der Waals surface area contributed by atoms with Gasteiger partial charge in [-0.05, 0) is 38.5 Å². The van der Waals surface area contributed by atoms with Gasteiger partial charge in [0.15, 0.2) is 0 Å². The Hall–Kier alpha value is -1.28. The summed E-state index contributed by atoms with van der Waals surface area (Å²) < 4.78 is 22.0. The Labute approximate surface area is 320 Å². The summed E-state index contributed by atoms with van der Waals surface area (Å²) in [5.41, 5.74) is 5.36. The summed E-state index contributed by atoms with van der Waals surface area (Å²) in [6.45, 7) is 4.04. The minimum Gasteiger partial charge on any atom is -0.387 e. The average molecular weight is 755 g/mol. The van der Waals surface area contributed by atoms with Crippen LogP contribution in [0, 0.1) is 0 Å². The molecule has 0 aliphatic rings. The lowest BCUT2D eigenvalue weighted by atomic mass is 10.0. The number of aliphatic hydroxyl groups is 1. The van der Waals surface area contributed by atoms with Crippen molar-refractivity contribution in [2.24, 2.45) is 5.73 Å². The molecular weight excluding hydrogens is 671 g/mol. The maximum absolute atomic E-state index is 12.7. The Bertz CT molecular complexity index is 912. The zero-order chi connectivity index (χ0) is 38.2. The summed E-state index contributed by atoms with van der Waals surface area (Å²) in [6.07, 6.45) is 46.4. The van der Waals surface area contributed by atoms with Gasteiger partial charge in [-0.15, -0.1) is 0 Å². The van der Waals surface area contributed by atoms with E-state index in [1.54, 1.807) is 6.08 Å². The number of aliphatic hydroxyl groups excluding tert-OH is 1. The molecule has 0 fully saturated rings. The van der Waals surface area contributed by atoms with E-state index in [1.807, 2.05) is 6.08 Å². The lowest BCUT2D eigenvalue weighted by molar-refractivity contribution is -0.123. The predicted molar refractivity (Wildman–Crippen MR) is 221 cm³/mol. The van der Waals surface area contributed by atoms with Crippen LogP contribution in [0.4, 0.5) is 0 Å². The van der Waals surface area contributed by atoms with Crippen LogP contribution in [0.15, 0.2) is 36.5 Å². The number of hydrogen-bond donors (Lipinski definition) is 4. The summed E-state index contributed by atoms with van der Waals surface area (Å²) in [5.74, 6) is -0.208. The monoisotopic (exact) mass is 755 g/mol. The summed E-state index contributed by atoms with van der Waals surface area (Å²) >= 11 is 0. The number of rotatable bonds is 40. The van der Waals surface area contributed by atoms with Crippen LogP contribution < -0.4 is 11.1 Å². The van der Waals surface area contributed by atoms with Crippen LogP contribution in [-0.2, 0) is 18.4 Å². The van der Waals surface area contributed by atoms with E-state index in [4.69, 9.17) is 14.8 Å². The molecule has 1 amide bonds. The van der Waals surface area contributed by atoms with Gasteiger partial charge in [-0.1, -0.05) is 192 Å². The number of phosphoric ester groups is 1. The van der Waals surface area contributed by atoms with E-state index < -0.39 is 20.0 Å². The molecule has 8 nitrogen and oxygen atoms in total. The van der Waals surface area contributed by atoms with Gasteiger partial charge in [0.25, 0.3) is 0 Å². The Balaban J connectivity index is 4.10. The lowest BCUT2D eigenvalue weighted by Gasteiger charge is -2.23. The van der Waals surface area contributed by atoms with Crippen LogP contribution in [0.1, 0.15) is 200 Å². The second-order valence-electron chi connectivity index (χ2n) is 14.5. The topological polar surface area (TPSA) is 131 Å². The van der Waals surface area contributed by atoms with Crippen molar-refractivity contribution in [2.45, 2.75) is 212 Å². The number of phosphoric acid groups is 1. The highest BCUT2D eigenvalue weighted by molar-refractivity contribution is 7.47. The van der Waals surface area contributed by atoms with Crippen LogP contribution >= 0.6 is 7.82 Å². The molecular formula is C43H83N2O6P. The first-order valence-electron chi connectivity index (χ1n) is 21.6. The fraction of sp³-hybridized carbons (Fsp3) is 0.837. The molecule has 0 aliphatic carbocycles. The largest absolute Gasteiger partial charge is 0.472 e. The standard InChI is InChI=1S/C43H83N2O6P/c1-3-5-7-9-11-13-15-16-17-18-19-20-21-22-23-24-25-27-29-31-33-35-37-43(47)45-41(40-51-52(48,49)50-39-38-44)42(46)36-34-32-30-28-26-14-12-10-8-6-4-2/h8,10,26,28,34,36,41-42,46H,3-7,9,11-25,27,29-33,35,37-40,44H2,1-2H3,(H,45,47)(H,48,49)/b10-8+,28-26+,36-34+. The minimum atomic E-state index is -4.34. The van der Waals surface area contributed by atoms with Crippen LogP contribution in [0.25, 0.3) is 0 Å². The lowest BCUT2D eigenvalue weighted by Crippen LogP contribution is -2.45. The quantitative estimate of drug-likeness (QED) is 0.0278. The van der Waals surface area contributed by atoms with Gasteiger partial charge in [0.1, 0.15) is 0 Å². The van der Waals surface area contributed by atoms with Crippen molar-refractivity contribution < 1.29 is 28.4 Å². The molecule has 0 rings (SSSR count). The molecule has 0 saturated heterocycles. The molecule has 3 atom stereocenters. The van der Waals surface area contributed by atoms with Gasteiger partial charge < -0.3 is 21.1 Å². The number of unbranched alkanes of at least 4 members (excludes halogenated alkanes) is 24. The van der Waals surface area contributed by atoms with E-state index in [-0.39, 0.29) is 25.7 Å². The second kappa shape index (κ2) is 39.4. The van der Waals surface area contributed by atoms with Gasteiger partial charge >= 0.3 is 7.82 Å². The van der Waals surface area contributed by atoms with E-state index in [1.165, 1.54) is 128 Å². The number of carbonyl (C=O) groups excluding carboxylic acids is 1. The van der Waals surface area contributed by atoms with Crippen molar-refractivity contribution >= 4 is 13.7 Å². The Morgan fingerprint density at radius 1 is 0.615 bits per heavy atom. The maximum Gasteiger partial charge on any atom is 0.472 e. The molecule has 0 aromatic heterocycles. The Morgan fingerprint density at radius 3 is 1.44 bits per heavy atom. The molecule has 3 unspecified atom stereocenters. The molecule has 306 valence electrons. The fourth-order valence-electron chi connectivity index (χ4n) is 6.17. The molecule has 52 heavy (non-hydrogen) atoms. The van der Waals surface area contributed by atoms with Crippen LogP contribution in [0.2, 0.25) is 0 Å². The number of carbonyl (C=O) groups is 1. The highest BCUT2D eigenvalue weighted by Crippen LogP contribution is 2.43. The van der Waals surface area contributed by atoms with Crippen molar-refractivity contribution in [3.63, 3.8) is 0 Å². The Morgan fingerprint density at radius 2 is 1.02 bits per heavy atom. The molecule has 0 aliphatic heterocycles. The SMILES string of the molecule is CCC/C=C/CC/C=C/CC/C=C/C(O)C(COP(=O)(O)OCCN)NC(=O)CCCCCCCCCCCCCCCCCCCCCCCC. The third kappa shape index (κ3) is 37.1. The van der Waals surface area contributed by atoms with Crippen molar-refractivity contribution in [1.29, 1.82) is 0 Å². The minimum absolute atomic E-state index is 0.0724. The second-order valence-corrected chi connectivity index (χ2v) is 16.0. The first-order chi connectivity index (χ1) is 25.4. The van der Waals surface area contributed by atoms with Crippen LogP contribution in [0.5, 0.6) is 0 Å². The fourth-order valence-corrected chi connectivity index (χ4v) is 6.93. The molecule has 0 bridgehead atoms. The predicted octanol–water partition coefficient (Wildman–Crippen LogP) is 11.9. The number of amides is 1. The summed E-state index contributed by atoms with van der Waals surface area (Å²) in [5, 5.41) is 13.6. The number of hydrogen-bond acceptors (Lipinski definition) is 6. The van der Waals surface area contributed by atoms with Gasteiger partial charge in [-0.2, -0.15) is 0 Å². The van der Waals surface area contributed by atoms with E-state index >= 15 is 0 Å². The van der Waals surface area contributed by atoms with Crippen LogP contribution in [-0.4, -0.2) is 47.8 Å². The third-order valence-electron chi connectivity index (χ3n) is 9.43. The van der Waals surface area contributed by atoms with E-state index in [0.717, 1.165) is 51.4 Å². The first-order valence-corrected chi connectivity index (χ1v) is 23.1. The maximum atomic E-state index is 12.7.